The maximum absolute atomic E-state index is 11.8. The highest BCUT2D eigenvalue weighted by Gasteiger charge is 2.13. The largest absolute Gasteiger partial charge is 0.478 e. The zero-order valence-electron chi connectivity index (χ0n) is 12.0. The molecule has 0 fully saturated rings. The standard InChI is InChI=1S/C15H15N3O4/c1-18(9-13-16-7-12(8-17-13)14(19)20)15(21)22-10-11-5-3-2-4-6-11/h2-8H,9-10H2,1H3,(H,19,20). The van der Waals surface area contributed by atoms with Crippen LogP contribution in [0.5, 0.6) is 0 Å². The van der Waals surface area contributed by atoms with Crippen molar-refractivity contribution < 1.29 is 19.4 Å². The van der Waals surface area contributed by atoms with Crippen molar-refractivity contribution in [2.75, 3.05) is 7.05 Å². The van der Waals surface area contributed by atoms with Crippen molar-refractivity contribution in [2.24, 2.45) is 0 Å². The van der Waals surface area contributed by atoms with Gasteiger partial charge in [-0.1, -0.05) is 30.3 Å². The summed E-state index contributed by atoms with van der Waals surface area (Å²) in [4.78, 5) is 31.7. The average molecular weight is 301 g/mol. The minimum absolute atomic E-state index is 0.00180. The average Bonchev–Trinajstić information content (AvgIpc) is 2.54. The Bertz CT molecular complexity index is 644. The van der Waals surface area contributed by atoms with Crippen molar-refractivity contribution in [2.45, 2.75) is 13.2 Å². The molecule has 1 amide bonds. The van der Waals surface area contributed by atoms with Crippen molar-refractivity contribution in [1.29, 1.82) is 0 Å². The first-order chi connectivity index (χ1) is 10.6. The summed E-state index contributed by atoms with van der Waals surface area (Å²) in [5, 5.41) is 8.76. The number of benzene rings is 1. The quantitative estimate of drug-likeness (QED) is 0.907. The number of nitrogens with zero attached hydrogens (tertiary/aromatic N) is 3. The molecule has 1 aromatic carbocycles. The number of rotatable bonds is 5. The Labute approximate surface area is 127 Å². The second-order valence-corrected chi connectivity index (χ2v) is 4.59. The van der Waals surface area contributed by atoms with E-state index in [2.05, 4.69) is 9.97 Å². The maximum Gasteiger partial charge on any atom is 0.410 e. The first-order valence-corrected chi connectivity index (χ1v) is 6.52. The number of amides is 1. The molecule has 2 aromatic rings. The second kappa shape index (κ2) is 7.16. The lowest BCUT2D eigenvalue weighted by Gasteiger charge is -2.16. The monoisotopic (exact) mass is 301 g/mol. The van der Waals surface area contributed by atoms with Gasteiger partial charge in [0.15, 0.2) is 0 Å². The number of aromatic nitrogens is 2. The molecule has 1 N–H and O–H groups in total. The van der Waals surface area contributed by atoms with E-state index in [0.29, 0.717) is 5.82 Å². The van der Waals surface area contributed by atoms with Gasteiger partial charge in [0, 0.05) is 19.4 Å². The van der Waals surface area contributed by atoms with Gasteiger partial charge in [0.1, 0.15) is 12.4 Å². The molecule has 2 rings (SSSR count). The van der Waals surface area contributed by atoms with Crippen LogP contribution in [0.1, 0.15) is 21.7 Å². The number of carboxylic acids is 1. The van der Waals surface area contributed by atoms with Crippen LogP contribution in [0.15, 0.2) is 42.7 Å². The van der Waals surface area contributed by atoms with Crippen molar-refractivity contribution in [3.63, 3.8) is 0 Å². The molecule has 22 heavy (non-hydrogen) atoms. The molecule has 0 radical (unpaired) electrons. The molecule has 1 aromatic heterocycles. The summed E-state index contributed by atoms with van der Waals surface area (Å²) in [5.41, 5.74) is 0.893. The van der Waals surface area contributed by atoms with Crippen LogP contribution < -0.4 is 0 Å². The summed E-state index contributed by atoms with van der Waals surface area (Å²) in [7, 11) is 1.56. The lowest BCUT2D eigenvalue weighted by molar-refractivity contribution is 0.0695. The summed E-state index contributed by atoms with van der Waals surface area (Å²) < 4.78 is 5.16. The second-order valence-electron chi connectivity index (χ2n) is 4.59. The highest BCUT2D eigenvalue weighted by Crippen LogP contribution is 2.04. The predicted molar refractivity (Wildman–Crippen MR) is 77.1 cm³/mol. The Morgan fingerprint density at radius 2 is 1.82 bits per heavy atom. The Kier molecular flexibility index (Phi) is 5.02. The fourth-order valence-electron chi connectivity index (χ4n) is 1.65. The van der Waals surface area contributed by atoms with Gasteiger partial charge >= 0.3 is 12.1 Å². The van der Waals surface area contributed by atoms with Gasteiger partial charge in [0.25, 0.3) is 0 Å². The molecule has 0 saturated carbocycles. The highest BCUT2D eigenvalue weighted by atomic mass is 16.6. The van der Waals surface area contributed by atoms with Crippen molar-refractivity contribution in [3.8, 4) is 0 Å². The topological polar surface area (TPSA) is 92.6 Å². The van der Waals surface area contributed by atoms with Gasteiger partial charge in [-0.3, -0.25) is 0 Å². The van der Waals surface area contributed by atoms with Gasteiger partial charge in [0.05, 0.1) is 12.1 Å². The Morgan fingerprint density at radius 1 is 1.18 bits per heavy atom. The van der Waals surface area contributed by atoms with Gasteiger partial charge in [-0.15, -0.1) is 0 Å². The summed E-state index contributed by atoms with van der Waals surface area (Å²) >= 11 is 0. The van der Waals surface area contributed by atoms with Crippen molar-refractivity contribution in [1.82, 2.24) is 14.9 Å². The Hall–Kier alpha value is -2.96. The van der Waals surface area contributed by atoms with Crippen molar-refractivity contribution >= 4 is 12.1 Å². The Balaban J connectivity index is 1.86. The third kappa shape index (κ3) is 4.27. The van der Waals surface area contributed by atoms with E-state index in [1.165, 1.54) is 17.3 Å². The van der Waals surface area contributed by atoms with Crippen LogP contribution in [0, 0.1) is 0 Å². The molecule has 7 nitrogen and oxygen atoms in total. The van der Waals surface area contributed by atoms with E-state index in [1.54, 1.807) is 7.05 Å². The molecule has 0 aliphatic rings. The van der Waals surface area contributed by atoms with Crippen LogP contribution in [0.2, 0.25) is 0 Å². The fraction of sp³-hybridized carbons (Fsp3) is 0.200. The lowest BCUT2D eigenvalue weighted by atomic mass is 10.2. The molecule has 1 heterocycles. The predicted octanol–water partition coefficient (Wildman–Crippen LogP) is 1.94. The summed E-state index contributed by atoms with van der Waals surface area (Å²) in [6.07, 6.45) is 1.90. The molecule has 0 bridgehead atoms. The number of hydrogen-bond donors (Lipinski definition) is 1. The molecular weight excluding hydrogens is 286 g/mol. The molecule has 114 valence electrons. The molecule has 0 unspecified atom stereocenters. The van der Waals surface area contributed by atoms with Crippen LogP contribution in [0.25, 0.3) is 0 Å². The lowest BCUT2D eigenvalue weighted by Crippen LogP contribution is -2.27. The summed E-state index contributed by atoms with van der Waals surface area (Å²) in [6, 6.07) is 9.34. The third-order valence-corrected chi connectivity index (χ3v) is 2.85. The van der Waals surface area contributed by atoms with Crippen LogP contribution in [0.3, 0.4) is 0 Å². The minimum atomic E-state index is -1.10. The molecule has 7 heteroatoms. The van der Waals surface area contributed by atoms with Gasteiger partial charge in [-0.05, 0) is 5.56 Å². The van der Waals surface area contributed by atoms with Crippen LogP contribution in [0.4, 0.5) is 4.79 Å². The fourth-order valence-corrected chi connectivity index (χ4v) is 1.65. The maximum atomic E-state index is 11.8. The van der Waals surface area contributed by atoms with Gasteiger partial charge in [-0.2, -0.15) is 0 Å². The number of ether oxygens (including phenoxy) is 1. The van der Waals surface area contributed by atoms with Crippen LogP contribution in [-0.4, -0.2) is 39.1 Å². The van der Waals surface area contributed by atoms with Crippen LogP contribution in [-0.2, 0) is 17.9 Å². The summed E-state index contributed by atoms with van der Waals surface area (Å²) in [6.45, 7) is 0.316. The number of carboxylic acid groups (broad SMARTS) is 1. The zero-order valence-corrected chi connectivity index (χ0v) is 12.0. The Morgan fingerprint density at radius 3 is 2.41 bits per heavy atom. The van der Waals surface area contributed by atoms with Gasteiger partial charge in [-0.25, -0.2) is 19.6 Å². The van der Waals surface area contributed by atoms with E-state index in [9.17, 15) is 9.59 Å². The van der Waals surface area contributed by atoms with Gasteiger partial charge in [0.2, 0.25) is 0 Å². The molecule has 0 saturated heterocycles. The molecular formula is C15H15N3O4. The molecule has 0 aliphatic heterocycles. The van der Waals surface area contributed by atoms with E-state index in [-0.39, 0.29) is 18.7 Å². The first kappa shape index (κ1) is 15.4. The van der Waals surface area contributed by atoms with Crippen LogP contribution >= 0.6 is 0 Å². The van der Waals surface area contributed by atoms with E-state index in [1.807, 2.05) is 30.3 Å². The number of hydrogen-bond acceptors (Lipinski definition) is 5. The minimum Gasteiger partial charge on any atom is -0.478 e. The first-order valence-electron chi connectivity index (χ1n) is 6.52. The van der Waals surface area contributed by atoms with E-state index in [0.717, 1.165) is 5.56 Å². The third-order valence-electron chi connectivity index (χ3n) is 2.85. The van der Waals surface area contributed by atoms with E-state index >= 15 is 0 Å². The normalized spacial score (nSPS) is 10.0. The molecule has 0 aliphatic carbocycles. The SMILES string of the molecule is CN(Cc1ncc(C(=O)O)cn1)C(=O)OCc1ccccc1. The van der Waals surface area contributed by atoms with Crippen molar-refractivity contribution in [3.05, 3.63) is 59.7 Å². The van der Waals surface area contributed by atoms with Gasteiger partial charge < -0.3 is 14.7 Å². The summed E-state index contributed by atoms with van der Waals surface area (Å²) in [5.74, 6) is -0.758. The van der Waals surface area contributed by atoms with E-state index in [4.69, 9.17) is 9.84 Å². The highest BCUT2D eigenvalue weighted by molar-refractivity contribution is 5.86. The number of aromatic carboxylic acids is 1. The molecule has 0 spiro atoms. The number of carbonyl (C=O) groups is 2. The zero-order chi connectivity index (χ0) is 15.9. The smallest absolute Gasteiger partial charge is 0.410 e. The number of carbonyl (C=O) groups excluding carboxylic acids is 1. The van der Waals surface area contributed by atoms with E-state index < -0.39 is 12.1 Å². The molecule has 0 atom stereocenters.